The Morgan fingerprint density at radius 3 is 1.67 bits per heavy atom. The maximum Gasteiger partial charge on any atom is 0.404 e. The van der Waals surface area contributed by atoms with Crippen LogP contribution in [0.2, 0.25) is 0 Å². The molecule has 0 fully saturated rings. The van der Waals surface area contributed by atoms with E-state index in [1.54, 1.807) is 0 Å². The van der Waals surface area contributed by atoms with Gasteiger partial charge < -0.3 is 10.5 Å². The van der Waals surface area contributed by atoms with Crippen molar-refractivity contribution >= 4 is 6.09 Å². The molecule has 2 atom stereocenters. The SMILES string of the molecule is C[C@H](C(OC(N)=O)C(C)(C)C)C(C)(C)C. The standard InChI is InChI=1S/C12H25NO2/c1-8(11(2,3)4)9(12(5,6)7)15-10(13)14/h8-9H,1-7H3,(H2,13,14)/t8-,9?/m1/s1. The Morgan fingerprint density at radius 1 is 1.07 bits per heavy atom. The van der Waals surface area contributed by atoms with E-state index in [0.29, 0.717) is 0 Å². The highest BCUT2D eigenvalue weighted by Gasteiger charge is 2.38. The van der Waals surface area contributed by atoms with E-state index < -0.39 is 6.09 Å². The van der Waals surface area contributed by atoms with Crippen molar-refractivity contribution < 1.29 is 9.53 Å². The summed E-state index contributed by atoms with van der Waals surface area (Å²) in [4.78, 5) is 10.9. The summed E-state index contributed by atoms with van der Waals surface area (Å²) in [6.45, 7) is 14.7. The van der Waals surface area contributed by atoms with Gasteiger partial charge in [0.05, 0.1) is 0 Å². The minimum atomic E-state index is -0.689. The van der Waals surface area contributed by atoms with Gasteiger partial charge in [-0.15, -0.1) is 0 Å². The monoisotopic (exact) mass is 215 g/mol. The number of ether oxygens (including phenoxy) is 1. The summed E-state index contributed by atoms with van der Waals surface area (Å²) in [7, 11) is 0. The van der Waals surface area contributed by atoms with Crippen LogP contribution in [0, 0.1) is 16.7 Å². The van der Waals surface area contributed by atoms with Crippen LogP contribution in [0.25, 0.3) is 0 Å². The second kappa shape index (κ2) is 4.42. The fraction of sp³-hybridized carbons (Fsp3) is 0.917. The van der Waals surface area contributed by atoms with Crippen LogP contribution < -0.4 is 5.73 Å². The van der Waals surface area contributed by atoms with Gasteiger partial charge in [0.2, 0.25) is 0 Å². The number of rotatable bonds is 2. The molecule has 0 bridgehead atoms. The summed E-state index contributed by atoms with van der Waals surface area (Å²) in [5.41, 5.74) is 5.11. The van der Waals surface area contributed by atoms with Crippen LogP contribution in [0.5, 0.6) is 0 Å². The number of carbonyl (C=O) groups excluding carboxylic acids is 1. The number of hydrogen-bond donors (Lipinski definition) is 1. The molecule has 0 aliphatic rings. The largest absolute Gasteiger partial charge is 0.446 e. The summed E-state index contributed by atoms with van der Waals surface area (Å²) in [6.07, 6.45) is -0.846. The summed E-state index contributed by atoms with van der Waals surface area (Å²) >= 11 is 0. The Bertz CT molecular complexity index is 223. The lowest BCUT2D eigenvalue weighted by Crippen LogP contribution is -2.43. The summed E-state index contributed by atoms with van der Waals surface area (Å²) in [6, 6.07) is 0. The third-order valence-corrected chi connectivity index (χ3v) is 2.92. The van der Waals surface area contributed by atoms with Crippen LogP contribution in [-0.2, 0) is 4.74 Å². The molecule has 0 radical (unpaired) electrons. The Kier molecular flexibility index (Phi) is 4.20. The van der Waals surface area contributed by atoms with Crippen molar-refractivity contribution in [1.82, 2.24) is 0 Å². The van der Waals surface area contributed by atoms with Gasteiger partial charge in [0.25, 0.3) is 0 Å². The number of hydrogen-bond acceptors (Lipinski definition) is 2. The third kappa shape index (κ3) is 4.54. The molecule has 0 aromatic carbocycles. The molecule has 0 aromatic rings. The molecule has 0 rings (SSSR count). The first kappa shape index (κ1) is 14.3. The van der Waals surface area contributed by atoms with Gasteiger partial charge in [-0.25, -0.2) is 4.79 Å². The van der Waals surface area contributed by atoms with Gasteiger partial charge in [-0.2, -0.15) is 0 Å². The molecular formula is C12H25NO2. The molecule has 1 amide bonds. The van der Waals surface area contributed by atoms with Crippen molar-refractivity contribution in [2.24, 2.45) is 22.5 Å². The molecule has 90 valence electrons. The van der Waals surface area contributed by atoms with Crippen molar-refractivity contribution in [3.05, 3.63) is 0 Å². The molecule has 0 aliphatic carbocycles. The van der Waals surface area contributed by atoms with Crippen LogP contribution >= 0.6 is 0 Å². The minimum absolute atomic E-state index is 0.0907. The Balaban J connectivity index is 4.87. The van der Waals surface area contributed by atoms with Gasteiger partial charge >= 0.3 is 6.09 Å². The molecule has 0 aromatic heterocycles. The molecular weight excluding hydrogens is 190 g/mol. The van der Waals surface area contributed by atoms with Gasteiger partial charge in [-0.1, -0.05) is 48.5 Å². The first-order chi connectivity index (χ1) is 6.46. The van der Waals surface area contributed by atoms with Crippen molar-refractivity contribution in [2.75, 3.05) is 0 Å². The minimum Gasteiger partial charge on any atom is -0.446 e. The molecule has 3 nitrogen and oxygen atoms in total. The molecule has 0 heterocycles. The van der Waals surface area contributed by atoms with Crippen LogP contribution in [0.15, 0.2) is 0 Å². The molecule has 2 N–H and O–H groups in total. The van der Waals surface area contributed by atoms with Crippen LogP contribution in [0.1, 0.15) is 48.5 Å². The fourth-order valence-corrected chi connectivity index (χ4v) is 1.61. The first-order valence-corrected chi connectivity index (χ1v) is 5.42. The topological polar surface area (TPSA) is 52.3 Å². The first-order valence-electron chi connectivity index (χ1n) is 5.42. The summed E-state index contributed by atoms with van der Waals surface area (Å²) in [5.74, 6) is 0.255. The van der Waals surface area contributed by atoms with Gasteiger partial charge in [0.1, 0.15) is 6.10 Å². The van der Waals surface area contributed by atoms with Crippen LogP contribution in [0.3, 0.4) is 0 Å². The van der Waals surface area contributed by atoms with Crippen LogP contribution in [0.4, 0.5) is 4.79 Å². The van der Waals surface area contributed by atoms with E-state index in [0.717, 1.165) is 0 Å². The predicted octanol–water partition coefficient (Wildman–Crippen LogP) is 3.18. The van der Waals surface area contributed by atoms with E-state index in [1.165, 1.54) is 0 Å². The predicted molar refractivity (Wildman–Crippen MR) is 62.5 cm³/mol. The quantitative estimate of drug-likeness (QED) is 0.769. The molecule has 1 unspecified atom stereocenters. The summed E-state index contributed by atoms with van der Waals surface area (Å²) in [5, 5.41) is 0. The van der Waals surface area contributed by atoms with Gasteiger partial charge in [0, 0.05) is 0 Å². The van der Waals surface area contributed by atoms with Gasteiger partial charge in [-0.3, -0.25) is 0 Å². The zero-order valence-corrected chi connectivity index (χ0v) is 11.0. The van der Waals surface area contributed by atoms with Crippen LogP contribution in [-0.4, -0.2) is 12.2 Å². The zero-order valence-electron chi connectivity index (χ0n) is 11.0. The van der Waals surface area contributed by atoms with Gasteiger partial charge in [-0.05, 0) is 16.7 Å². The van der Waals surface area contributed by atoms with E-state index in [2.05, 4.69) is 48.5 Å². The Hall–Kier alpha value is -0.730. The number of carbonyl (C=O) groups is 1. The normalized spacial score (nSPS) is 17.0. The smallest absolute Gasteiger partial charge is 0.404 e. The van der Waals surface area contributed by atoms with E-state index >= 15 is 0 Å². The Labute approximate surface area is 93.4 Å². The Morgan fingerprint density at radius 2 is 1.47 bits per heavy atom. The van der Waals surface area contributed by atoms with Crippen molar-refractivity contribution in [2.45, 2.75) is 54.6 Å². The van der Waals surface area contributed by atoms with E-state index in [-0.39, 0.29) is 22.9 Å². The lowest BCUT2D eigenvalue weighted by molar-refractivity contribution is -0.0318. The molecule has 0 saturated carbocycles. The number of primary amides is 1. The second-order valence-corrected chi connectivity index (χ2v) is 6.38. The second-order valence-electron chi connectivity index (χ2n) is 6.38. The number of nitrogens with two attached hydrogens (primary N) is 1. The molecule has 0 spiro atoms. The molecule has 0 saturated heterocycles. The highest BCUT2D eigenvalue weighted by atomic mass is 16.6. The van der Waals surface area contributed by atoms with E-state index in [9.17, 15) is 4.79 Å². The van der Waals surface area contributed by atoms with Crippen molar-refractivity contribution in [3.63, 3.8) is 0 Å². The maximum atomic E-state index is 10.9. The average molecular weight is 215 g/mol. The van der Waals surface area contributed by atoms with Crippen molar-refractivity contribution in [3.8, 4) is 0 Å². The van der Waals surface area contributed by atoms with E-state index in [4.69, 9.17) is 10.5 Å². The highest BCUT2D eigenvalue weighted by Crippen LogP contribution is 2.37. The highest BCUT2D eigenvalue weighted by molar-refractivity contribution is 5.64. The summed E-state index contributed by atoms with van der Waals surface area (Å²) < 4.78 is 5.24. The molecule has 0 aliphatic heterocycles. The number of amides is 1. The lowest BCUT2D eigenvalue weighted by Gasteiger charge is -2.40. The zero-order chi connectivity index (χ0) is 12.4. The molecule has 3 heteroatoms. The lowest BCUT2D eigenvalue weighted by atomic mass is 9.71. The molecule has 15 heavy (non-hydrogen) atoms. The third-order valence-electron chi connectivity index (χ3n) is 2.92. The van der Waals surface area contributed by atoms with Crippen molar-refractivity contribution in [1.29, 1.82) is 0 Å². The fourth-order valence-electron chi connectivity index (χ4n) is 1.61. The van der Waals surface area contributed by atoms with Gasteiger partial charge in [0.15, 0.2) is 0 Å². The van der Waals surface area contributed by atoms with E-state index in [1.807, 2.05) is 0 Å². The average Bonchev–Trinajstić information content (AvgIpc) is 1.94. The maximum absolute atomic E-state index is 10.9.